The second-order valence-electron chi connectivity index (χ2n) is 5.06. The SMILES string of the molecule is Cc1ncc(CN2CCc3ccccc3C2)c(N)n1.Cl.Cl. The van der Waals surface area contributed by atoms with Crippen LogP contribution >= 0.6 is 24.8 Å². The minimum absolute atomic E-state index is 0. The number of aromatic nitrogens is 2. The zero-order valence-electron chi connectivity index (χ0n) is 12.0. The van der Waals surface area contributed by atoms with Gasteiger partial charge in [-0.05, 0) is 24.5 Å². The van der Waals surface area contributed by atoms with Crippen molar-refractivity contribution in [2.24, 2.45) is 0 Å². The molecule has 0 radical (unpaired) electrons. The molecule has 2 N–H and O–H groups in total. The minimum Gasteiger partial charge on any atom is -0.383 e. The number of hydrogen-bond acceptors (Lipinski definition) is 4. The van der Waals surface area contributed by atoms with E-state index in [2.05, 4.69) is 39.1 Å². The number of halogens is 2. The monoisotopic (exact) mass is 326 g/mol. The highest BCUT2D eigenvalue weighted by Gasteiger charge is 2.16. The van der Waals surface area contributed by atoms with Gasteiger partial charge in [-0.25, -0.2) is 9.97 Å². The minimum atomic E-state index is 0. The lowest BCUT2D eigenvalue weighted by Gasteiger charge is -2.28. The van der Waals surface area contributed by atoms with Gasteiger partial charge in [0.05, 0.1) is 0 Å². The van der Waals surface area contributed by atoms with Crippen LogP contribution in [0.25, 0.3) is 0 Å². The van der Waals surface area contributed by atoms with E-state index in [9.17, 15) is 0 Å². The first kappa shape index (κ1) is 17.7. The summed E-state index contributed by atoms with van der Waals surface area (Å²) in [6, 6.07) is 8.64. The van der Waals surface area contributed by atoms with E-state index in [1.807, 2.05) is 13.1 Å². The lowest BCUT2D eigenvalue weighted by Crippen LogP contribution is -2.30. The molecule has 1 aliphatic heterocycles. The number of nitrogens with two attached hydrogens (primary N) is 1. The molecule has 0 atom stereocenters. The molecule has 4 nitrogen and oxygen atoms in total. The fraction of sp³-hybridized carbons (Fsp3) is 0.333. The van der Waals surface area contributed by atoms with Gasteiger partial charge in [-0.1, -0.05) is 24.3 Å². The molecule has 6 heteroatoms. The number of aryl methyl sites for hydroxylation is 1. The Labute approximate surface area is 137 Å². The quantitative estimate of drug-likeness (QED) is 0.921. The van der Waals surface area contributed by atoms with Crippen LogP contribution in [0.5, 0.6) is 0 Å². The summed E-state index contributed by atoms with van der Waals surface area (Å²) in [5.41, 5.74) is 9.86. The van der Waals surface area contributed by atoms with Crippen LogP contribution in [0, 0.1) is 6.92 Å². The summed E-state index contributed by atoms with van der Waals surface area (Å²) >= 11 is 0. The third kappa shape index (κ3) is 4.06. The van der Waals surface area contributed by atoms with E-state index < -0.39 is 0 Å². The summed E-state index contributed by atoms with van der Waals surface area (Å²) < 4.78 is 0. The molecule has 1 aromatic carbocycles. The number of fused-ring (bicyclic) bond motifs is 1. The van der Waals surface area contributed by atoms with Crippen molar-refractivity contribution in [1.29, 1.82) is 0 Å². The molecule has 0 unspecified atom stereocenters. The summed E-state index contributed by atoms with van der Waals surface area (Å²) in [6.07, 6.45) is 2.95. The second-order valence-corrected chi connectivity index (χ2v) is 5.06. The maximum atomic E-state index is 5.96. The first-order chi connectivity index (χ1) is 9.22. The maximum absolute atomic E-state index is 5.96. The highest BCUT2D eigenvalue weighted by Crippen LogP contribution is 2.21. The molecular formula is C15H20Cl2N4. The highest BCUT2D eigenvalue weighted by molar-refractivity contribution is 5.85. The third-order valence-corrected chi connectivity index (χ3v) is 3.62. The molecule has 21 heavy (non-hydrogen) atoms. The van der Waals surface area contributed by atoms with Crippen LogP contribution < -0.4 is 5.73 Å². The van der Waals surface area contributed by atoms with E-state index in [-0.39, 0.29) is 24.8 Å². The zero-order valence-corrected chi connectivity index (χ0v) is 13.6. The Morgan fingerprint density at radius 2 is 1.90 bits per heavy atom. The van der Waals surface area contributed by atoms with Gasteiger partial charge in [0.1, 0.15) is 11.6 Å². The summed E-state index contributed by atoms with van der Waals surface area (Å²) in [5.74, 6) is 1.33. The molecule has 1 aliphatic rings. The van der Waals surface area contributed by atoms with Gasteiger partial charge in [0.25, 0.3) is 0 Å². The summed E-state index contributed by atoms with van der Waals surface area (Å²) in [6.45, 7) is 4.71. The van der Waals surface area contributed by atoms with Crippen molar-refractivity contribution < 1.29 is 0 Å². The first-order valence-electron chi connectivity index (χ1n) is 6.59. The molecule has 0 aliphatic carbocycles. The molecule has 0 amide bonds. The van der Waals surface area contributed by atoms with Crippen molar-refractivity contribution >= 4 is 30.6 Å². The number of hydrogen-bond donors (Lipinski definition) is 1. The number of benzene rings is 1. The average molecular weight is 327 g/mol. The van der Waals surface area contributed by atoms with E-state index in [0.29, 0.717) is 5.82 Å². The van der Waals surface area contributed by atoms with Crippen LogP contribution in [0.3, 0.4) is 0 Å². The van der Waals surface area contributed by atoms with Gasteiger partial charge in [0.2, 0.25) is 0 Å². The number of nitrogens with zero attached hydrogens (tertiary/aromatic N) is 3. The number of rotatable bonds is 2. The van der Waals surface area contributed by atoms with Gasteiger partial charge in [-0.15, -0.1) is 24.8 Å². The van der Waals surface area contributed by atoms with E-state index >= 15 is 0 Å². The molecule has 0 bridgehead atoms. The van der Waals surface area contributed by atoms with E-state index in [1.54, 1.807) is 0 Å². The topological polar surface area (TPSA) is 55.0 Å². The lowest BCUT2D eigenvalue weighted by molar-refractivity contribution is 0.245. The molecule has 114 valence electrons. The van der Waals surface area contributed by atoms with Gasteiger partial charge in [0, 0.05) is 31.4 Å². The summed E-state index contributed by atoms with van der Waals surface area (Å²) in [7, 11) is 0. The molecule has 0 saturated carbocycles. The normalized spacial score (nSPS) is 13.8. The van der Waals surface area contributed by atoms with Crippen molar-refractivity contribution in [3.05, 3.63) is 53.0 Å². The summed E-state index contributed by atoms with van der Waals surface area (Å²) in [4.78, 5) is 10.9. The molecule has 0 spiro atoms. The molecule has 2 heterocycles. The van der Waals surface area contributed by atoms with Crippen LogP contribution in [0.2, 0.25) is 0 Å². The van der Waals surface area contributed by atoms with Crippen LogP contribution in [0.4, 0.5) is 5.82 Å². The lowest BCUT2D eigenvalue weighted by atomic mass is 10.00. The van der Waals surface area contributed by atoms with Gasteiger partial charge in [0.15, 0.2) is 0 Å². The van der Waals surface area contributed by atoms with Gasteiger partial charge >= 0.3 is 0 Å². The summed E-state index contributed by atoms with van der Waals surface area (Å²) in [5, 5.41) is 0. The first-order valence-corrected chi connectivity index (χ1v) is 6.59. The molecule has 1 aromatic heterocycles. The molecule has 0 saturated heterocycles. The molecule has 2 aromatic rings. The number of anilines is 1. The Hall–Kier alpha value is -1.36. The predicted octanol–water partition coefficient (Wildman–Crippen LogP) is 2.77. The van der Waals surface area contributed by atoms with Gasteiger partial charge in [-0.3, -0.25) is 4.90 Å². The second kappa shape index (κ2) is 7.59. The Kier molecular flexibility index (Phi) is 6.40. The number of nitrogen functional groups attached to an aromatic ring is 1. The van der Waals surface area contributed by atoms with Crippen molar-refractivity contribution in [2.75, 3.05) is 12.3 Å². The fourth-order valence-electron chi connectivity index (χ4n) is 2.56. The molecule has 3 rings (SSSR count). The van der Waals surface area contributed by atoms with E-state index in [0.717, 1.165) is 37.4 Å². The maximum Gasteiger partial charge on any atom is 0.131 e. The van der Waals surface area contributed by atoms with Crippen molar-refractivity contribution in [1.82, 2.24) is 14.9 Å². The largest absolute Gasteiger partial charge is 0.383 e. The van der Waals surface area contributed by atoms with Crippen LogP contribution in [0.1, 0.15) is 22.5 Å². The van der Waals surface area contributed by atoms with Crippen LogP contribution in [-0.2, 0) is 19.5 Å². The third-order valence-electron chi connectivity index (χ3n) is 3.62. The molecular weight excluding hydrogens is 307 g/mol. The highest BCUT2D eigenvalue weighted by atomic mass is 35.5. The molecule has 0 fully saturated rings. The fourth-order valence-corrected chi connectivity index (χ4v) is 2.56. The van der Waals surface area contributed by atoms with Crippen LogP contribution in [-0.4, -0.2) is 21.4 Å². The van der Waals surface area contributed by atoms with Gasteiger partial charge < -0.3 is 5.73 Å². The van der Waals surface area contributed by atoms with Crippen LogP contribution in [0.15, 0.2) is 30.5 Å². The van der Waals surface area contributed by atoms with E-state index in [4.69, 9.17) is 5.73 Å². The Morgan fingerprint density at radius 1 is 1.19 bits per heavy atom. The Balaban J connectivity index is 0.00000110. The zero-order chi connectivity index (χ0) is 13.2. The van der Waals surface area contributed by atoms with Crippen molar-refractivity contribution in [3.63, 3.8) is 0 Å². The smallest absolute Gasteiger partial charge is 0.131 e. The van der Waals surface area contributed by atoms with Crippen molar-refractivity contribution in [3.8, 4) is 0 Å². The Morgan fingerprint density at radius 3 is 2.62 bits per heavy atom. The van der Waals surface area contributed by atoms with Gasteiger partial charge in [-0.2, -0.15) is 0 Å². The Bertz CT molecular complexity index is 604. The predicted molar refractivity (Wildman–Crippen MR) is 89.9 cm³/mol. The van der Waals surface area contributed by atoms with E-state index in [1.165, 1.54) is 11.1 Å². The average Bonchev–Trinajstić information content (AvgIpc) is 2.42. The van der Waals surface area contributed by atoms with Crippen molar-refractivity contribution in [2.45, 2.75) is 26.4 Å². The standard InChI is InChI=1S/C15H18N4.2ClH/c1-11-17-8-14(15(16)18-11)10-19-7-6-12-4-2-3-5-13(12)9-19;;/h2-5,8H,6-7,9-10H2,1H3,(H2,16,17,18);2*1H.